The Balaban J connectivity index is 1.66. The Bertz CT molecular complexity index is 714. The van der Waals surface area contributed by atoms with E-state index in [1.165, 1.54) is 0 Å². The molecule has 0 N–H and O–H groups in total. The summed E-state index contributed by atoms with van der Waals surface area (Å²) in [4.78, 5) is 31.9. The number of para-hydroxylation sites is 1. The van der Waals surface area contributed by atoms with Gasteiger partial charge in [-0.3, -0.25) is 14.5 Å². The second kappa shape index (κ2) is 8.82. The number of piperidine rings is 1. The fourth-order valence-electron chi connectivity index (χ4n) is 4.19. The molecule has 0 aromatic heterocycles. The summed E-state index contributed by atoms with van der Waals surface area (Å²) in [7, 11) is 3.11. The van der Waals surface area contributed by atoms with E-state index in [4.69, 9.17) is 9.47 Å². The number of ether oxygens (including phenoxy) is 2. The second-order valence-electron chi connectivity index (χ2n) is 7.65. The van der Waals surface area contributed by atoms with Crippen LogP contribution in [0.1, 0.15) is 37.0 Å². The van der Waals surface area contributed by atoms with E-state index in [0.717, 1.165) is 19.4 Å². The molecule has 0 bridgehead atoms. The number of rotatable bonds is 5. The fraction of sp³-hybridized carbons (Fsp3) is 0.619. The minimum Gasteiger partial charge on any atom is -0.493 e. The predicted octanol–water partition coefficient (Wildman–Crippen LogP) is 1.86. The van der Waals surface area contributed by atoms with Crippen molar-refractivity contribution < 1.29 is 19.1 Å². The predicted molar refractivity (Wildman–Crippen MR) is 107 cm³/mol. The molecule has 0 radical (unpaired) electrons. The van der Waals surface area contributed by atoms with Crippen molar-refractivity contribution >= 4 is 11.8 Å². The molecular weight excluding hydrogens is 358 g/mol. The molecule has 0 unspecified atom stereocenters. The first-order valence-corrected chi connectivity index (χ1v) is 10.0. The molecule has 2 aliphatic heterocycles. The molecule has 2 amide bonds. The largest absolute Gasteiger partial charge is 0.493 e. The molecule has 1 atom stereocenters. The van der Waals surface area contributed by atoms with Gasteiger partial charge in [0.05, 0.1) is 25.8 Å². The van der Waals surface area contributed by atoms with Crippen molar-refractivity contribution in [2.75, 3.05) is 46.9 Å². The van der Waals surface area contributed by atoms with E-state index in [1.54, 1.807) is 32.4 Å². The minimum absolute atomic E-state index is 0.0558. The third-order valence-corrected chi connectivity index (χ3v) is 5.74. The van der Waals surface area contributed by atoms with E-state index in [0.29, 0.717) is 43.2 Å². The summed E-state index contributed by atoms with van der Waals surface area (Å²) in [6.07, 6.45) is 1.94. The third kappa shape index (κ3) is 3.94. The fourth-order valence-corrected chi connectivity index (χ4v) is 4.19. The maximum absolute atomic E-state index is 13.0. The van der Waals surface area contributed by atoms with Gasteiger partial charge >= 0.3 is 0 Å². The Morgan fingerprint density at radius 1 is 1.07 bits per heavy atom. The van der Waals surface area contributed by atoms with Crippen molar-refractivity contribution in [2.24, 2.45) is 0 Å². The summed E-state index contributed by atoms with van der Waals surface area (Å²) < 4.78 is 10.7. The standard InChI is InChI=1S/C21H31N3O4/c1-15(2)24-10-6-8-17(21(24)26)22-11-13-23(14-12-22)20(25)16-7-5-9-18(27-3)19(16)28-4/h5,7,9,15,17H,6,8,10-14H2,1-4H3/t17-/m1/s1. The number of likely N-dealkylation sites (tertiary alicyclic amines) is 1. The first kappa shape index (κ1) is 20.5. The summed E-state index contributed by atoms with van der Waals surface area (Å²) in [6, 6.07) is 5.52. The van der Waals surface area contributed by atoms with Crippen LogP contribution in [0.5, 0.6) is 11.5 Å². The molecule has 28 heavy (non-hydrogen) atoms. The zero-order valence-electron chi connectivity index (χ0n) is 17.3. The second-order valence-corrected chi connectivity index (χ2v) is 7.65. The number of methoxy groups -OCH3 is 2. The Morgan fingerprint density at radius 2 is 1.79 bits per heavy atom. The highest BCUT2D eigenvalue weighted by molar-refractivity contribution is 5.98. The van der Waals surface area contributed by atoms with Crippen molar-refractivity contribution in [3.05, 3.63) is 23.8 Å². The van der Waals surface area contributed by atoms with Gasteiger partial charge in [-0.25, -0.2) is 0 Å². The number of piperazine rings is 1. The van der Waals surface area contributed by atoms with Gasteiger partial charge in [0, 0.05) is 38.8 Å². The van der Waals surface area contributed by atoms with Crippen LogP contribution in [0.15, 0.2) is 18.2 Å². The van der Waals surface area contributed by atoms with Gasteiger partial charge < -0.3 is 19.3 Å². The first-order valence-electron chi connectivity index (χ1n) is 10.0. The highest BCUT2D eigenvalue weighted by atomic mass is 16.5. The smallest absolute Gasteiger partial charge is 0.257 e. The van der Waals surface area contributed by atoms with Gasteiger partial charge in [0.25, 0.3) is 5.91 Å². The van der Waals surface area contributed by atoms with Crippen LogP contribution in [-0.4, -0.2) is 85.5 Å². The third-order valence-electron chi connectivity index (χ3n) is 5.74. The molecule has 2 heterocycles. The number of hydrogen-bond donors (Lipinski definition) is 0. The quantitative estimate of drug-likeness (QED) is 0.769. The molecule has 2 saturated heterocycles. The van der Waals surface area contributed by atoms with Crippen LogP contribution in [0.4, 0.5) is 0 Å². The molecule has 0 spiro atoms. The Kier molecular flexibility index (Phi) is 6.44. The number of carbonyl (C=O) groups is 2. The summed E-state index contributed by atoms with van der Waals surface area (Å²) in [5.74, 6) is 1.19. The van der Waals surface area contributed by atoms with Gasteiger partial charge in [0.2, 0.25) is 5.91 Å². The molecule has 1 aromatic carbocycles. The number of benzene rings is 1. The van der Waals surface area contributed by atoms with E-state index < -0.39 is 0 Å². The molecule has 1 aromatic rings. The first-order chi connectivity index (χ1) is 13.5. The monoisotopic (exact) mass is 389 g/mol. The number of nitrogens with zero attached hydrogens (tertiary/aromatic N) is 3. The maximum atomic E-state index is 13.0. The molecule has 154 valence electrons. The Morgan fingerprint density at radius 3 is 2.39 bits per heavy atom. The summed E-state index contributed by atoms with van der Waals surface area (Å²) >= 11 is 0. The average Bonchev–Trinajstić information content (AvgIpc) is 2.72. The van der Waals surface area contributed by atoms with Gasteiger partial charge in [-0.05, 0) is 38.8 Å². The Labute approximate surface area is 167 Å². The van der Waals surface area contributed by atoms with Crippen molar-refractivity contribution in [3.63, 3.8) is 0 Å². The van der Waals surface area contributed by atoms with E-state index >= 15 is 0 Å². The lowest BCUT2D eigenvalue weighted by atomic mass is 10.0. The van der Waals surface area contributed by atoms with Crippen molar-refractivity contribution in [1.29, 1.82) is 0 Å². The molecule has 7 heteroatoms. The molecule has 2 fully saturated rings. The molecular formula is C21H31N3O4. The van der Waals surface area contributed by atoms with E-state index in [2.05, 4.69) is 18.7 Å². The average molecular weight is 389 g/mol. The number of carbonyl (C=O) groups excluding carboxylic acids is 2. The minimum atomic E-state index is -0.0609. The van der Waals surface area contributed by atoms with E-state index in [-0.39, 0.29) is 23.9 Å². The molecule has 3 rings (SSSR count). The van der Waals surface area contributed by atoms with Crippen LogP contribution >= 0.6 is 0 Å². The summed E-state index contributed by atoms with van der Waals surface area (Å²) in [6.45, 7) is 7.61. The lowest BCUT2D eigenvalue weighted by molar-refractivity contribution is -0.142. The molecule has 0 saturated carbocycles. The molecule has 0 aliphatic carbocycles. The van der Waals surface area contributed by atoms with Crippen LogP contribution < -0.4 is 9.47 Å². The van der Waals surface area contributed by atoms with Gasteiger partial charge in [-0.2, -0.15) is 0 Å². The van der Waals surface area contributed by atoms with Crippen LogP contribution in [0.3, 0.4) is 0 Å². The van der Waals surface area contributed by atoms with Crippen molar-refractivity contribution in [2.45, 2.75) is 38.8 Å². The van der Waals surface area contributed by atoms with Gasteiger partial charge in [-0.1, -0.05) is 6.07 Å². The van der Waals surface area contributed by atoms with Crippen LogP contribution in [0.2, 0.25) is 0 Å². The normalized spacial score (nSPS) is 21.2. The lowest BCUT2D eigenvalue weighted by Gasteiger charge is -2.43. The van der Waals surface area contributed by atoms with Crippen LogP contribution in [0.25, 0.3) is 0 Å². The zero-order valence-corrected chi connectivity index (χ0v) is 17.3. The highest BCUT2D eigenvalue weighted by Crippen LogP contribution is 2.32. The number of amides is 2. The van der Waals surface area contributed by atoms with Crippen molar-refractivity contribution in [3.8, 4) is 11.5 Å². The Hall–Kier alpha value is -2.28. The summed E-state index contributed by atoms with van der Waals surface area (Å²) in [5.41, 5.74) is 0.509. The molecule has 2 aliphatic rings. The summed E-state index contributed by atoms with van der Waals surface area (Å²) in [5, 5.41) is 0. The zero-order chi connectivity index (χ0) is 20.3. The van der Waals surface area contributed by atoms with Crippen LogP contribution in [0, 0.1) is 0 Å². The van der Waals surface area contributed by atoms with Gasteiger partial charge in [0.1, 0.15) is 0 Å². The van der Waals surface area contributed by atoms with Gasteiger partial charge in [-0.15, -0.1) is 0 Å². The van der Waals surface area contributed by atoms with E-state index in [1.807, 2.05) is 9.80 Å². The maximum Gasteiger partial charge on any atom is 0.257 e. The lowest BCUT2D eigenvalue weighted by Crippen LogP contribution is -2.59. The number of hydrogen-bond acceptors (Lipinski definition) is 5. The highest BCUT2D eigenvalue weighted by Gasteiger charge is 2.36. The SMILES string of the molecule is COc1cccc(C(=O)N2CCN([C@@H]3CCCN(C(C)C)C3=O)CC2)c1OC. The van der Waals surface area contributed by atoms with E-state index in [9.17, 15) is 9.59 Å². The van der Waals surface area contributed by atoms with Crippen molar-refractivity contribution in [1.82, 2.24) is 14.7 Å². The molecule has 7 nitrogen and oxygen atoms in total. The van der Waals surface area contributed by atoms with Gasteiger partial charge in [0.15, 0.2) is 11.5 Å². The van der Waals surface area contributed by atoms with Crippen LogP contribution in [-0.2, 0) is 4.79 Å². The topological polar surface area (TPSA) is 62.3 Å².